The summed E-state index contributed by atoms with van der Waals surface area (Å²) in [4.78, 5) is 37.4. The lowest BCUT2D eigenvalue weighted by Crippen LogP contribution is -2.49. The number of nitrogens with zero attached hydrogens (tertiary/aromatic N) is 3. The highest BCUT2D eigenvalue weighted by molar-refractivity contribution is 5.87. The van der Waals surface area contributed by atoms with E-state index in [0.717, 1.165) is 37.7 Å². The molecule has 1 saturated heterocycles. The second-order valence-corrected chi connectivity index (χ2v) is 11.3. The van der Waals surface area contributed by atoms with E-state index < -0.39 is 35.5 Å². The summed E-state index contributed by atoms with van der Waals surface area (Å²) in [5, 5.41) is 10.6. The number of carboxylic acid groups (broad SMARTS) is 1. The molecule has 0 radical (unpaired) electrons. The summed E-state index contributed by atoms with van der Waals surface area (Å²) in [6.45, 7) is 6.02. The van der Waals surface area contributed by atoms with Crippen LogP contribution in [0.3, 0.4) is 0 Å². The summed E-state index contributed by atoms with van der Waals surface area (Å²) in [5.41, 5.74) is 0.374. The Morgan fingerprint density at radius 2 is 1.61 bits per heavy atom. The monoisotopic (exact) mass is 525 g/mol. The van der Waals surface area contributed by atoms with Gasteiger partial charge >= 0.3 is 5.97 Å². The molecule has 1 amide bonds. The normalized spacial score (nSPS) is 24.3. The maximum atomic E-state index is 14.1. The molecule has 0 spiro atoms. The van der Waals surface area contributed by atoms with Gasteiger partial charge in [0.1, 0.15) is 12.6 Å². The summed E-state index contributed by atoms with van der Waals surface area (Å²) < 4.78 is 17.1. The van der Waals surface area contributed by atoms with Gasteiger partial charge in [-0.05, 0) is 23.8 Å². The maximum Gasteiger partial charge on any atom is 0.326 e. The van der Waals surface area contributed by atoms with Gasteiger partial charge in [-0.25, -0.2) is 4.79 Å². The minimum Gasteiger partial charge on any atom is -0.481 e. The van der Waals surface area contributed by atoms with E-state index in [4.69, 9.17) is 14.2 Å². The highest BCUT2D eigenvalue weighted by Gasteiger charge is 2.59. The smallest absolute Gasteiger partial charge is 0.326 e. The van der Waals surface area contributed by atoms with Crippen LogP contribution in [0.2, 0.25) is 0 Å². The molecule has 2 aromatic rings. The fourth-order valence-corrected chi connectivity index (χ4v) is 6.04. The Balaban J connectivity index is 1.78. The van der Waals surface area contributed by atoms with E-state index >= 15 is 0 Å². The van der Waals surface area contributed by atoms with Gasteiger partial charge < -0.3 is 24.2 Å². The van der Waals surface area contributed by atoms with Crippen molar-refractivity contribution in [3.63, 3.8) is 0 Å². The summed E-state index contributed by atoms with van der Waals surface area (Å²) in [7, 11) is 3.02. The lowest BCUT2D eigenvalue weighted by molar-refractivity contribution is -0.154. The number of amides is 1. The summed E-state index contributed by atoms with van der Waals surface area (Å²) in [5.74, 6) is -0.735. The van der Waals surface area contributed by atoms with Crippen LogP contribution in [0.15, 0.2) is 36.4 Å². The SMILES string of the molecule is COc1cc(OC)nc(COC2C(c3ccccc3)N(C(=O)C3CCCCC3)C(C(=O)O)C2C(C)(C)C)n1. The van der Waals surface area contributed by atoms with Gasteiger partial charge in [0, 0.05) is 11.8 Å². The third kappa shape index (κ3) is 5.77. The highest BCUT2D eigenvalue weighted by Crippen LogP contribution is 2.50. The Bertz CT molecular complexity index is 1090. The number of aliphatic carboxylic acids is 1. The molecule has 1 aliphatic heterocycles. The van der Waals surface area contributed by atoms with Crippen molar-refractivity contribution < 1.29 is 28.9 Å². The van der Waals surface area contributed by atoms with Crippen molar-refractivity contribution in [2.24, 2.45) is 17.3 Å². The van der Waals surface area contributed by atoms with Crippen LogP contribution in [0, 0.1) is 17.3 Å². The third-order valence-corrected chi connectivity index (χ3v) is 7.76. The van der Waals surface area contributed by atoms with E-state index in [0.29, 0.717) is 17.6 Å². The Labute approximate surface area is 224 Å². The largest absolute Gasteiger partial charge is 0.481 e. The van der Waals surface area contributed by atoms with Gasteiger partial charge in [0.25, 0.3) is 0 Å². The molecule has 1 N–H and O–H groups in total. The minimum absolute atomic E-state index is 0.00589. The van der Waals surface area contributed by atoms with E-state index in [9.17, 15) is 14.7 Å². The molecule has 38 heavy (non-hydrogen) atoms. The molecule has 2 aliphatic rings. The molecule has 2 fully saturated rings. The van der Waals surface area contributed by atoms with E-state index in [1.165, 1.54) is 14.2 Å². The maximum absolute atomic E-state index is 14.1. The Hall–Kier alpha value is -3.20. The number of likely N-dealkylation sites (tertiary alicyclic amines) is 1. The zero-order valence-corrected chi connectivity index (χ0v) is 22.9. The fourth-order valence-electron chi connectivity index (χ4n) is 6.04. The van der Waals surface area contributed by atoms with E-state index in [1.807, 2.05) is 51.1 Å². The second-order valence-electron chi connectivity index (χ2n) is 11.3. The number of rotatable bonds is 8. The van der Waals surface area contributed by atoms with Crippen molar-refractivity contribution in [2.45, 2.75) is 77.7 Å². The van der Waals surface area contributed by atoms with Gasteiger partial charge in [0.15, 0.2) is 5.82 Å². The first-order chi connectivity index (χ1) is 18.2. The Morgan fingerprint density at radius 3 is 2.13 bits per heavy atom. The number of carbonyl (C=O) groups excluding carboxylic acids is 1. The quantitative estimate of drug-likeness (QED) is 0.530. The van der Waals surface area contributed by atoms with Gasteiger partial charge in [-0.1, -0.05) is 70.4 Å². The number of carboxylic acids is 1. The van der Waals surface area contributed by atoms with Crippen LogP contribution in [0.4, 0.5) is 0 Å². The molecule has 0 bridgehead atoms. The Morgan fingerprint density at radius 1 is 1.00 bits per heavy atom. The molecule has 9 nitrogen and oxygen atoms in total. The van der Waals surface area contributed by atoms with E-state index in [-0.39, 0.29) is 18.4 Å². The number of methoxy groups -OCH3 is 2. The van der Waals surface area contributed by atoms with Crippen LogP contribution < -0.4 is 9.47 Å². The first-order valence-electron chi connectivity index (χ1n) is 13.3. The molecule has 206 valence electrons. The summed E-state index contributed by atoms with van der Waals surface area (Å²) >= 11 is 0. The van der Waals surface area contributed by atoms with E-state index in [2.05, 4.69) is 9.97 Å². The van der Waals surface area contributed by atoms with Gasteiger partial charge in [0.2, 0.25) is 17.7 Å². The zero-order valence-electron chi connectivity index (χ0n) is 22.9. The third-order valence-electron chi connectivity index (χ3n) is 7.76. The molecule has 1 aromatic heterocycles. The molecule has 1 aromatic carbocycles. The molecular formula is C29H39N3O6. The predicted molar refractivity (Wildman–Crippen MR) is 141 cm³/mol. The lowest BCUT2D eigenvalue weighted by Gasteiger charge is -2.35. The average molecular weight is 526 g/mol. The number of ether oxygens (including phenoxy) is 3. The van der Waals surface area contributed by atoms with Crippen molar-refractivity contribution >= 4 is 11.9 Å². The molecule has 4 atom stereocenters. The molecule has 2 heterocycles. The van der Waals surface area contributed by atoms with Gasteiger partial charge in [0.05, 0.1) is 32.4 Å². The van der Waals surface area contributed by atoms with Crippen LogP contribution in [0.25, 0.3) is 0 Å². The van der Waals surface area contributed by atoms with Gasteiger partial charge in [-0.2, -0.15) is 9.97 Å². The van der Waals surface area contributed by atoms with Crippen molar-refractivity contribution in [3.05, 3.63) is 47.8 Å². The fraction of sp³-hybridized carbons (Fsp3) is 0.586. The van der Waals surface area contributed by atoms with Crippen LogP contribution in [0.5, 0.6) is 11.8 Å². The molecule has 1 aliphatic carbocycles. The first-order valence-corrected chi connectivity index (χ1v) is 13.3. The van der Waals surface area contributed by atoms with Gasteiger partial charge in [-0.15, -0.1) is 0 Å². The molecular weight excluding hydrogens is 486 g/mol. The molecule has 4 unspecified atom stereocenters. The summed E-state index contributed by atoms with van der Waals surface area (Å²) in [6, 6.07) is 9.60. The van der Waals surface area contributed by atoms with Crippen LogP contribution in [-0.4, -0.2) is 58.2 Å². The molecule has 9 heteroatoms. The predicted octanol–water partition coefficient (Wildman–Crippen LogP) is 4.66. The number of benzene rings is 1. The number of hydrogen-bond donors (Lipinski definition) is 1. The number of hydrogen-bond acceptors (Lipinski definition) is 7. The highest BCUT2D eigenvalue weighted by atomic mass is 16.5. The van der Waals surface area contributed by atoms with Crippen LogP contribution in [-0.2, 0) is 20.9 Å². The standard InChI is InChI=1S/C29H39N3O6/c1-29(2,3)23-25(28(34)35)32(27(33)19-14-10-7-11-15-19)24(18-12-8-6-9-13-18)26(23)38-17-20-30-21(36-4)16-22(31-20)37-5/h6,8-9,12-13,16,19,23-26H,7,10-11,14-15,17H2,1-5H3,(H,34,35). The van der Waals surface area contributed by atoms with Crippen molar-refractivity contribution in [1.82, 2.24) is 14.9 Å². The first kappa shape index (κ1) is 27.8. The molecule has 4 rings (SSSR count). The van der Waals surface area contributed by atoms with Gasteiger partial charge in [-0.3, -0.25) is 4.79 Å². The number of carbonyl (C=O) groups is 2. The molecule has 1 saturated carbocycles. The second kappa shape index (κ2) is 11.7. The van der Waals surface area contributed by atoms with Crippen LogP contribution >= 0.6 is 0 Å². The zero-order chi connectivity index (χ0) is 27.4. The average Bonchev–Trinajstić information content (AvgIpc) is 3.28. The van der Waals surface area contributed by atoms with Crippen molar-refractivity contribution in [1.29, 1.82) is 0 Å². The lowest BCUT2D eigenvalue weighted by atomic mass is 9.73. The van der Waals surface area contributed by atoms with E-state index in [1.54, 1.807) is 11.0 Å². The van der Waals surface area contributed by atoms with Crippen LogP contribution in [0.1, 0.15) is 70.3 Å². The van der Waals surface area contributed by atoms with Crippen molar-refractivity contribution in [2.75, 3.05) is 14.2 Å². The topological polar surface area (TPSA) is 111 Å². The summed E-state index contributed by atoms with van der Waals surface area (Å²) in [6.07, 6.45) is 4.03. The van der Waals surface area contributed by atoms with Crippen molar-refractivity contribution in [3.8, 4) is 11.8 Å². The Kier molecular flexibility index (Phi) is 8.55. The minimum atomic E-state index is -1.03. The number of aromatic nitrogens is 2.